The number of hydrogen-bond acceptors (Lipinski definition) is 6. The predicted octanol–water partition coefficient (Wildman–Crippen LogP) is 0.954. The van der Waals surface area contributed by atoms with Gasteiger partial charge in [-0.25, -0.2) is 4.79 Å². The van der Waals surface area contributed by atoms with E-state index in [-0.39, 0.29) is 43.8 Å². The van der Waals surface area contributed by atoms with E-state index in [0.29, 0.717) is 12.1 Å². The molecule has 10 heteroatoms. The molecule has 0 aromatic heterocycles. The number of aliphatic carboxylic acids is 1. The average molecular weight is 438 g/mol. The highest BCUT2D eigenvalue weighted by atomic mass is 16.5. The topological polar surface area (TPSA) is 162 Å². The Morgan fingerprint density at radius 2 is 1.84 bits per heavy atom. The summed E-state index contributed by atoms with van der Waals surface area (Å²) in [5.74, 6) is -3.30. The largest absolute Gasteiger partial charge is 0.490 e. The van der Waals surface area contributed by atoms with Crippen molar-refractivity contribution in [1.29, 1.82) is 0 Å². The van der Waals surface area contributed by atoms with Crippen molar-refractivity contribution < 1.29 is 39.2 Å². The lowest BCUT2D eigenvalue weighted by Crippen LogP contribution is -2.48. The van der Waals surface area contributed by atoms with Crippen LogP contribution in [0.4, 0.5) is 0 Å². The lowest BCUT2D eigenvalue weighted by molar-refractivity contribution is -0.139. The van der Waals surface area contributed by atoms with Crippen LogP contribution < -0.4 is 15.4 Å². The minimum atomic E-state index is -1.24. The van der Waals surface area contributed by atoms with Crippen molar-refractivity contribution in [3.05, 3.63) is 29.3 Å². The molecule has 1 atom stereocenters. The molecule has 0 aliphatic carbocycles. The fourth-order valence-corrected chi connectivity index (χ4v) is 2.79. The highest BCUT2D eigenvalue weighted by molar-refractivity contribution is 5.91. The molecule has 5 N–H and O–H groups in total. The maximum absolute atomic E-state index is 12.6. The van der Waals surface area contributed by atoms with Crippen molar-refractivity contribution in [2.45, 2.75) is 51.5 Å². The number of unbranched alkanes of at least 4 members (excludes halogenated alkanes) is 2. The summed E-state index contributed by atoms with van der Waals surface area (Å²) >= 11 is 0. The molecule has 10 nitrogen and oxygen atoms in total. The third kappa shape index (κ3) is 9.94. The molecule has 0 aliphatic heterocycles. The zero-order valence-electron chi connectivity index (χ0n) is 17.6. The van der Waals surface area contributed by atoms with Gasteiger partial charge in [0.1, 0.15) is 24.0 Å². The SMILES string of the molecule is CCCCCNC(=O)C(Cc1ccc(OCCO)c(C(=O)O)c1)NC(=O)CCC(=O)O. The highest BCUT2D eigenvalue weighted by Crippen LogP contribution is 2.21. The van der Waals surface area contributed by atoms with Crippen molar-refractivity contribution >= 4 is 23.8 Å². The summed E-state index contributed by atoms with van der Waals surface area (Å²) in [6.45, 7) is 2.12. The highest BCUT2D eigenvalue weighted by Gasteiger charge is 2.22. The standard InChI is InChI=1S/C21H30N2O8/c1-2-3-4-9-22-20(28)16(23-18(25)7-8-19(26)27)13-14-5-6-17(31-11-10-24)15(12-14)21(29)30/h5-6,12,16,24H,2-4,7-11,13H2,1H3,(H,22,28)(H,23,25)(H,26,27)(H,29,30). The number of carboxylic acid groups (broad SMARTS) is 2. The van der Waals surface area contributed by atoms with Gasteiger partial charge in [0.05, 0.1) is 13.0 Å². The number of hydrogen-bond donors (Lipinski definition) is 5. The third-order valence-corrected chi connectivity index (χ3v) is 4.36. The summed E-state index contributed by atoms with van der Waals surface area (Å²) in [5.41, 5.74) is 0.339. The molecule has 0 heterocycles. The van der Waals surface area contributed by atoms with Gasteiger partial charge in [-0.05, 0) is 24.1 Å². The van der Waals surface area contributed by atoms with E-state index in [2.05, 4.69) is 10.6 Å². The van der Waals surface area contributed by atoms with Gasteiger partial charge < -0.3 is 30.7 Å². The van der Waals surface area contributed by atoms with Gasteiger partial charge in [0.2, 0.25) is 11.8 Å². The summed E-state index contributed by atoms with van der Waals surface area (Å²) in [6.07, 6.45) is 2.07. The molecule has 0 saturated carbocycles. The minimum absolute atomic E-state index is 0.0129. The van der Waals surface area contributed by atoms with Crippen molar-refractivity contribution in [3.8, 4) is 5.75 Å². The molecular weight excluding hydrogens is 408 g/mol. The van der Waals surface area contributed by atoms with Gasteiger partial charge in [-0.3, -0.25) is 14.4 Å². The Bertz CT molecular complexity index is 766. The van der Waals surface area contributed by atoms with E-state index in [0.717, 1.165) is 19.3 Å². The normalized spacial score (nSPS) is 11.4. The zero-order chi connectivity index (χ0) is 23.2. The maximum atomic E-state index is 12.6. The van der Waals surface area contributed by atoms with E-state index in [9.17, 15) is 24.3 Å². The Labute approximate surface area is 180 Å². The number of carbonyl (C=O) groups excluding carboxylic acids is 2. The molecule has 0 saturated heterocycles. The second kappa shape index (κ2) is 14.0. The van der Waals surface area contributed by atoms with Crippen molar-refractivity contribution in [1.82, 2.24) is 10.6 Å². The van der Waals surface area contributed by atoms with E-state index < -0.39 is 29.8 Å². The van der Waals surface area contributed by atoms with Gasteiger partial charge in [-0.15, -0.1) is 0 Å². The average Bonchev–Trinajstić information content (AvgIpc) is 2.73. The van der Waals surface area contributed by atoms with Gasteiger partial charge in [0, 0.05) is 19.4 Å². The van der Waals surface area contributed by atoms with Gasteiger partial charge in [0.15, 0.2) is 0 Å². The molecule has 0 aliphatic rings. The van der Waals surface area contributed by atoms with E-state index in [1.807, 2.05) is 6.92 Å². The number of aromatic carboxylic acids is 1. The molecule has 31 heavy (non-hydrogen) atoms. The second-order valence-electron chi connectivity index (χ2n) is 6.92. The Morgan fingerprint density at radius 1 is 1.10 bits per heavy atom. The maximum Gasteiger partial charge on any atom is 0.339 e. The number of carboxylic acids is 2. The smallest absolute Gasteiger partial charge is 0.339 e. The van der Waals surface area contributed by atoms with Crippen LogP contribution in [-0.2, 0) is 20.8 Å². The molecule has 1 aromatic carbocycles. The van der Waals surface area contributed by atoms with Crippen LogP contribution in [0.1, 0.15) is 54.9 Å². The molecule has 2 amide bonds. The van der Waals surface area contributed by atoms with E-state index in [4.69, 9.17) is 14.9 Å². The van der Waals surface area contributed by atoms with Crippen molar-refractivity contribution in [3.63, 3.8) is 0 Å². The number of amides is 2. The first kappa shape index (κ1) is 25.9. The molecule has 0 bridgehead atoms. The minimum Gasteiger partial charge on any atom is -0.490 e. The Balaban J connectivity index is 2.97. The molecule has 1 unspecified atom stereocenters. The predicted molar refractivity (Wildman–Crippen MR) is 111 cm³/mol. The number of aliphatic hydroxyl groups excluding tert-OH is 1. The number of carbonyl (C=O) groups is 4. The fraction of sp³-hybridized carbons (Fsp3) is 0.524. The van der Waals surface area contributed by atoms with E-state index >= 15 is 0 Å². The number of ether oxygens (including phenoxy) is 1. The first-order valence-electron chi connectivity index (χ1n) is 10.2. The Hall–Kier alpha value is -3.14. The van der Waals surface area contributed by atoms with Crippen LogP contribution in [0.15, 0.2) is 18.2 Å². The summed E-state index contributed by atoms with van der Waals surface area (Å²) in [7, 11) is 0. The quantitative estimate of drug-likeness (QED) is 0.253. The summed E-state index contributed by atoms with van der Waals surface area (Å²) < 4.78 is 5.21. The number of benzene rings is 1. The molecule has 1 rings (SSSR count). The third-order valence-electron chi connectivity index (χ3n) is 4.36. The Kier molecular flexibility index (Phi) is 11.7. The molecule has 172 valence electrons. The van der Waals surface area contributed by atoms with Crippen LogP contribution in [0, 0.1) is 0 Å². The number of rotatable bonds is 15. The van der Waals surface area contributed by atoms with Crippen molar-refractivity contribution in [2.75, 3.05) is 19.8 Å². The van der Waals surface area contributed by atoms with E-state index in [1.165, 1.54) is 12.1 Å². The summed E-state index contributed by atoms with van der Waals surface area (Å²) in [6, 6.07) is 3.35. The first-order chi connectivity index (χ1) is 14.8. The van der Waals surface area contributed by atoms with Crippen molar-refractivity contribution in [2.24, 2.45) is 0 Å². The van der Waals surface area contributed by atoms with Crippen LogP contribution in [0.2, 0.25) is 0 Å². The van der Waals surface area contributed by atoms with Gasteiger partial charge in [0.25, 0.3) is 0 Å². The molecule has 0 spiro atoms. The van der Waals surface area contributed by atoms with Crippen LogP contribution in [-0.4, -0.2) is 64.9 Å². The Morgan fingerprint density at radius 3 is 2.45 bits per heavy atom. The lowest BCUT2D eigenvalue weighted by Gasteiger charge is -2.19. The number of aliphatic hydroxyl groups is 1. The van der Waals surface area contributed by atoms with Gasteiger partial charge in [-0.2, -0.15) is 0 Å². The molecule has 0 radical (unpaired) electrons. The van der Waals surface area contributed by atoms with Gasteiger partial charge in [-0.1, -0.05) is 25.8 Å². The van der Waals surface area contributed by atoms with Gasteiger partial charge >= 0.3 is 11.9 Å². The monoisotopic (exact) mass is 438 g/mol. The summed E-state index contributed by atoms with van der Waals surface area (Å²) in [5, 5.41) is 32.3. The van der Waals surface area contributed by atoms with E-state index in [1.54, 1.807) is 6.07 Å². The zero-order valence-corrected chi connectivity index (χ0v) is 17.6. The summed E-state index contributed by atoms with van der Waals surface area (Å²) in [4.78, 5) is 46.9. The van der Waals surface area contributed by atoms with Crippen LogP contribution in [0.5, 0.6) is 5.75 Å². The second-order valence-corrected chi connectivity index (χ2v) is 6.92. The fourth-order valence-electron chi connectivity index (χ4n) is 2.79. The first-order valence-corrected chi connectivity index (χ1v) is 10.2. The van der Waals surface area contributed by atoms with Crippen LogP contribution in [0.3, 0.4) is 0 Å². The van der Waals surface area contributed by atoms with Crippen LogP contribution in [0.25, 0.3) is 0 Å². The molecular formula is C21H30N2O8. The van der Waals surface area contributed by atoms with Crippen LogP contribution >= 0.6 is 0 Å². The lowest BCUT2D eigenvalue weighted by atomic mass is 10.0. The number of nitrogens with one attached hydrogen (secondary N) is 2. The molecule has 1 aromatic rings. The molecule has 0 fully saturated rings.